The van der Waals surface area contributed by atoms with Gasteiger partial charge in [-0.1, -0.05) is 34.8 Å². The molecule has 2 N–H and O–H groups in total. The molecule has 0 saturated carbocycles. The number of halogens is 4. The fourth-order valence-corrected chi connectivity index (χ4v) is 2.82. The summed E-state index contributed by atoms with van der Waals surface area (Å²) in [5.41, 5.74) is -1.14. The highest BCUT2D eigenvalue weighted by Crippen LogP contribution is 2.48. The first-order valence-corrected chi connectivity index (χ1v) is 5.59. The van der Waals surface area contributed by atoms with Gasteiger partial charge in [-0.05, 0) is 25.7 Å². The van der Waals surface area contributed by atoms with Gasteiger partial charge in [0.25, 0.3) is 0 Å². The molecule has 0 aromatic heterocycles. The Hall–Kier alpha value is 1.08. The Morgan fingerprint density at radius 2 is 1.57 bits per heavy atom. The second-order valence-corrected chi connectivity index (χ2v) is 6.36. The minimum absolute atomic E-state index is 0. The maximum absolute atomic E-state index is 10.2. The van der Waals surface area contributed by atoms with Crippen LogP contribution in [0.2, 0.25) is 0 Å². The summed E-state index contributed by atoms with van der Waals surface area (Å²) in [5, 5.41) is 13.5. The zero-order valence-corrected chi connectivity index (χ0v) is 10.6. The standard InChI is InChI=1S/C8H12Cl3NO.ClH/c9-8(10,11)7(13)3-5-1-2-6(4-7)12-5;/h5-6,12-13H,1-4H2;1H. The molecular formula is C8H13Cl4NO. The molecule has 0 amide bonds. The Bertz CT molecular complexity index is 206. The summed E-state index contributed by atoms with van der Waals surface area (Å²) in [6, 6.07) is 0.638. The largest absolute Gasteiger partial charge is 0.385 e. The quantitative estimate of drug-likeness (QED) is 0.668. The molecule has 2 unspecified atom stereocenters. The Labute approximate surface area is 105 Å². The minimum atomic E-state index is -1.56. The molecule has 0 spiro atoms. The van der Waals surface area contributed by atoms with Gasteiger partial charge < -0.3 is 10.4 Å². The molecule has 14 heavy (non-hydrogen) atoms. The van der Waals surface area contributed by atoms with E-state index >= 15 is 0 Å². The van der Waals surface area contributed by atoms with Gasteiger partial charge in [0.1, 0.15) is 5.60 Å². The van der Waals surface area contributed by atoms with Crippen LogP contribution in [0.15, 0.2) is 0 Å². The second kappa shape index (κ2) is 4.15. The van der Waals surface area contributed by atoms with E-state index in [9.17, 15) is 5.11 Å². The predicted octanol–water partition coefficient (Wildman–Crippen LogP) is 2.42. The zero-order valence-electron chi connectivity index (χ0n) is 7.47. The fraction of sp³-hybridized carbons (Fsp3) is 1.00. The van der Waals surface area contributed by atoms with Gasteiger partial charge in [0.2, 0.25) is 3.79 Å². The number of piperidine rings is 1. The number of aliphatic hydroxyl groups is 1. The highest BCUT2D eigenvalue weighted by atomic mass is 35.6. The number of alkyl halides is 3. The number of hydrogen-bond donors (Lipinski definition) is 2. The minimum Gasteiger partial charge on any atom is -0.385 e. The summed E-state index contributed by atoms with van der Waals surface area (Å²) < 4.78 is -1.56. The van der Waals surface area contributed by atoms with Crippen LogP contribution < -0.4 is 5.32 Å². The summed E-state index contributed by atoms with van der Waals surface area (Å²) >= 11 is 17.3. The van der Waals surface area contributed by atoms with E-state index in [2.05, 4.69) is 5.32 Å². The number of nitrogens with one attached hydrogen (secondary N) is 1. The molecule has 2 bridgehead atoms. The maximum Gasteiger partial charge on any atom is 0.218 e. The first-order valence-electron chi connectivity index (χ1n) is 4.46. The third-order valence-corrected chi connectivity index (χ3v) is 4.09. The molecule has 0 aromatic rings. The monoisotopic (exact) mass is 279 g/mol. The molecule has 2 saturated heterocycles. The molecule has 2 heterocycles. The average Bonchev–Trinajstić information content (AvgIpc) is 2.28. The molecule has 2 fully saturated rings. The summed E-state index contributed by atoms with van der Waals surface area (Å²) in [6.07, 6.45) is 3.24. The van der Waals surface area contributed by atoms with Crippen molar-refractivity contribution in [2.24, 2.45) is 0 Å². The molecule has 2 aliphatic rings. The van der Waals surface area contributed by atoms with Crippen LogP contribution in [-0.4, -0.2) is 26.6 Å². The van der Waals surface area contributed by atoms with Crippen molar-refractivity contribution in [3.63, 3.8) is 0 Å². The molecule has 2 nitrogen and oxygen atoms in total. The molecule has 0 aromatic carbocycles. The van der Waals surface area contributed by atoms with Crippen LogP contribution >= 0.6 is 47.2 Å². The van der Waals surface area contributed by atoms with Gasteiger partial charge in [0.15, 0.2) is 0 Å². The zero-order chi connectivity index (χ0) is 9.69. The van der Waals surface area contributed by atoms with E-state index < -0.39 is 9.39 Å². The lowest BCUT2D eigenvalue weighted by Crippen LogP contribution is -2.55. The maximum atomic E-state index is 10.2. The summed E-state index contributed by atoms with van der Waals surface area (Å²) in [4.78, 5) is 0. The molecule has 2 aliphatic heterocycles. The topological polar surface area (TPSA) is 32.3 Å². The molecule has 2 rings (SSSR count). The predicted molar refractivity (Wildman–Crippen MR) is 61.7 cm³/mol. The van der Waals surface area contributed by atoms with Crippen LogP contribution in [0.1, 0.15) is 25.7 Å². The smallest absolute Gasteiger partial charge is 0.218 e. The van der Waals surface area contributed by atoms with Crippen LogP contribution in [-0.2, 0) is 0 Å². The summed E-state index contributed by atoms with van der Waals surface area (Å²) in [6.45, 7) is 0. The van der Waals surface area contributed by atoms with Gasteiger partial charge in [0.05, 0.1) is 0 Å². The van der Waals surface area contributed by atoms with Crippen molar-refractivity contribution in [1.29, 1.82) is 0 Å². The number of rotatable bonds is 0. The van der Waals surface area contributed by atoms with Crippen LogP contribution in [0.4, 0.5) is 0 Å². The molecule has 6 heteroatoms. The van der Waals surface area contributed by atoms with Gasteiger partial charge in [0, 0.05) is 12.1 Å². The van der Waals surface area contributed by atoms with E-state index in [0.717, 1.165) is 12.8 Å². The van der Waals surface area contributed by atoms with Gasteiger partial charge in [-0.15, -0.1) is 12.4 Å². The average molecular weight is 281 g/mol. The van der Waals surface area contributed by atoms with Crippen molar-refractivity contribution in [3.05, 3.63) is 0 Å². The lowest BCUT2D eigenvalue weighted by molar-refractivity contribution is -0.00306. The van der Waals surface area contributed by atoms with E-state index in [1.54, 1.807) is 0 Å². The van der Waals surface area contributed by atoms with Crippen molar-refractivity contribution in [3.8, 4) is 0 Å². The van der Waals surface area contributed by atoms with Crippen LogP contribution in [0.5, 0.6) is 0 Å². The SMILES string of the molecule is Cl.OC1(C(Cl)(Cl)Cl)CC2CCC(C1)N2. The number of hydrogen-bond acceptors (Lipinski definition) is 2. The normalized spacial score (nSPS) is 42.0. The Kier molecular flexibility index (Phi) is 3.90. The lowest BCUT2D eigenvalue weighted by atomic mass is 9.89. The summed E-state index contributed by atoms with van der Waals surface area (Å²) in [7, 11) is 0. The Morgan fingerprint density at radius 1 is 1.14 bits per heavy atom. The molecule has 84 valence electrons. The molecule has 0 aliphatic carbocycles. The Balaban J connectivity index is 0.000000980. The van der Waals surface area contributed by atoms with E-state index in [-0.39, 0.29) is 12.4 Å². The van der Waals surface area contributed by atoms with Crippen LogP contribution in [0.3, 0.4) is 0 Å². The Morgan fingerprint density at radius 3 is 1.93 bits per heavy atom. The van der Waals surface area contributed by atoms with Crippen LogP contribution in [0, 0.1) is 0 Å². The van der Waals surface area contributed by atoms with E-state index in [4.69, 9.17) is 34.8 Å². The number of fused-ring (bicyclic) bond motifs is 2. The lowest BCUT2D eigenvalue weighted by Gasteiger charge is -2.41. The van der Waals surface area contributed by atoms with E-state index in [1.165, 1.54) is 0 Å². The summed E-state index contributed by atoms with van der Waals surface area (Å²) in [5.74, 6) is 0. The second-order valence-electron chi connectivity index (χ2n) is 4.08. The molecular weight excluding hydrogens is 268 g/mol. The van der Waals surface area contributed by atoms with Crippen LogP contribution in [0.25, 0.3) is 0 Å². The van der Waals surface area contributed by atoms with Crippen molar-refractivity contribution < 1.29 is 5.11 Å². The van der Waals surface area contributed by atoms with E-state index in [0.29, 0.717) is 24.9 Å². The van der Waals surface area contributed by atoms with E-state index in [1.807, 2.05) is 0 Å². The van der Waals surface area contributed by atoms with Crippen molar-refractivity contribution in [2.75, 3.05) is 0 Å². The highest BCUT2D eigenvalue weighted by molar-refractivity contribution is 6.68. The van der Waals surface area contributed by atoms with Crippen molar-refractivity contribution in [1.82, 2.24) is 5.32 Å². The first-order chi connectivity index (χ1) is 5.91. The third-order valence-electron chi connectivity index (χ3n) is 3.03. The first kappa shape index (κ1) is 13.1. The highest BCUT2D eigenvalue weighted by Gasteiger charge is 2.53. The third kappa shape index (κ3) is 2.26. The molecule has 2 atom stereocenters. The fourth-order valence-electron chi connectivity index (χ4n) is 2.35. The van der Waals surface area contributed by atoms with Gasteiger partial charge in [-0.25, -0.2) is 0 Å². The van der Waals surface area contributed by atoms with Crippen molar-refractivity contribution in [2.45, 2.75) is 47.2 Å². The van der Waals surface area contributed by atoms with Gasteiger partial charge >= 0.3 is 0 Å². The van der Waals surface area contributed by atoms with Crippen molar-refractivity contribution >= 4 is 47.2 Å². The van der Waals surface area contributed by atoms with Gasteiger partial charge in [-0.3, -0.25) is 0 Å². The molecule has 0 radical (unpaired) electrons. The van der Waals surface area contributed by atoms with Gasteiger partial charge in [-0.2, -0.15) is 0 Å².